The van der Waals surface area contributed by atoms with Gasteiger partial charge in [-0.15, -0.1) is 0 Å². The number of hydrogen-bond acceptors (Lipinski definition) is 5. The molecule has 1 unspecified atom stereocenters. The normalized spacial score (nSPS) is 16.6. The van der Waals surface area contributed by atoms with E-state index in [0.29, 0.717) is 28.0 Å². The van der Waals surface area contributed by atoms with Gasteiger partial charge in [0.15, 0.2) is 16.9 Å². The maximum Gasteiger partial charge on any atom is 0.291 e. The van der Waals surface area contributed by atoms with Crippen molar-refractivity contribution in [3.05, 3.63) is 104 Å². The van der Waals surface area contributed by atoms with E-state index in [2.05, 4.69) is 15.9 Å². The Balaban J connectivity index is 1.51. The van der Waals surface area contributed by atoms with Gasteiger partial charge in [0.2, 0.25) is 12.6 Å². The molecule has 32 heavy (non-hydrogen) atoms. The number of halogens is 1. The minimum Gasteiger partial charge on any atom is -0.454 e. The topological polar surface area (TPSA) is 69.0 Å². The number of hydrogen-bond donors (Lipinski definition) is 0. The molecule has 0 saturated heterocycles. The molecule has 1 amide bonds. The second-order valence-corrected chi connectivity index (χ2v) is 8.66. The van der Waals surface area contributed by atoms with Crippen molar-refractivity contribution in [3.8, 4) is 11.5 Å². The van der Waals surface area contributed by atoms with Gasteiger partial charge < -0.3 is 18.8 Å². The Bertz CT molecular complexity index is 1440. The van der Waals surface area contributed by atoms with E-state index in [1.54, 1.807) is 29.2 Å². The van der Waals surface area contributed by atoms with Crippen molar-refractivity contribution in [2.75, 3.05) is 6.79 Å². The van der Waals surface area contributed by atoms with Crippen molar-refractivity contribution >= 4 is 32.8 Å². The molecule has 6 rings (SSSR count). The highest BCUT2D eigenvalue weighted by Gasteiger charge is 2.42. The fourth-order valence-corrected chi connectivity index (χ4v) is 4.62. The van der Waals surface area contributed by atoms with Crippen LogP contribution in [0.2, 0.25) is 0 Å². The Morgan fingerprint density at radius 3 is 2.56 bits per heavy atom. The Hall–Kier alpha value is -3.58. The predicted molar refractivity (Wildman–Crippen MR) is 121 cm³/mol. The third-order valence-corrected chi connectivity index (χ3v) is 6.38. The van der Waals surface area contributed by atoms with Gasteiger partial charge in [0.1, 0.15) is 5.58 Å². The number of fused-ring (bicyclic) bond motifs is 3. The van der Waals surface area contributed by atoms with Crippen LogP contribution in [0.5, 0.6) is 11.5 Å². The summed E-state index contributed by atoms with van der Waals surface area (Å²) in [4.78, 5) is 28.7. The zero-order valence-electron chi connectivity index (χ0n) is 16.7. The first kappa shape index (κ1) is 19.1. The molecule has 2 aliphatic heterocycles. The third kappa shape index (κ3) is 2.92. The highest BCUT2D eigenvalue weighted by molar-refractivity contribution is 9.10. The van der Waals surface area contributed by atoms with Gasteiger partial charge in [-0.05, 0) is 47.5 Å². The molecule has 0 bridgehead atoms. The number of para-hydroxylation sites is 1. The third-order valence-electron chi connectivity index (χ3n) is 5.85. The van der Waals surface area contributed by atoms with Crippen LogP contribution < -0.4 is 14.9 Å². The van der Waals surface area contributed by atoms with Crippen molar-refractivity contribution in [1.82, 2.24) is 4.90 Å². The molecule has 0 saturated carbocycles. The van der Waals surface area contributed by atoms with Gasteiger partial charge in [-0.25, -0.2) is 0 Å². The minimum absolute atomic E-state index is 0.0994. The fraction of sp³-hybridized carbons (Fsp3) is 0.120. The van der Waals surface area contributed by atoms with E-state index < -0.39 is 6.04 Å². The lowest BCUT2D eigenvalue weighted by Gasteiger charge is -2.25. The van der Waals surface area contributed by atoms with Crippen LogP contribution in [0.3, 0.4) is 0 Å². The van der Waals surface area contributed by atoms with Gasteiger partial charge in [0.05, 0.1) is 17.0 Å². The lowest BCUT2D eigenvalue weighted by atomic mass is 9.98. The van der Waals surface area contributed by atoms with Gasteiger partial charge in [-0.3, -0.25) is 9.59 Å². The summed E-state index contributed by atoms with van der Waals surface area (Å²) in [6.07, 6.45) is 0. The smallest absolute Gasteiger partial charge is 0.291 e. The summed E-state index contributed by atoms with van der Waals surface area (Å²) in [5, 5.41) is 0.464. The quantitative estimate of drug-likeness (QED) is 0.403. The Morgan fingerprint density at radius 2 is 1.72 bits per heavy atom. The zero-order chi connectivity index (χ0) is 21.8. The van der Waals surface area contributed by atoms with E-state index in [0.717, 1.165) is 15.6 Å². The summed E-state index contributed by atoms with van der Waals surface area (Å²) < 4.78 is 17.8. The SMILES string of the molecule is O=C1c2oc3ccccc3c(=O)c2C(c2ccc(Br)cc2)N1Cc1ccc2c(c1)OCO2. The molecule has 2 aliphatic rings. The number of amides is 1. The molecule has 7 heteroatoms. The van der Waals surface area contributed by atoms with Crippen molar-refractivity contribution in [2.24, 2.45) is 0 Å². The van der Waals surface area contributed by atoms with Crippen LogP contribution in [0.25, 0.3) is 11.0 Å². The average Bonchev–Trinajstić information content (AvgIpc) is 3.38. The average molecular weight is 490 g/mol. The second kappa shape index (κ2) is 7.24. The molecule has 0 fully saturated rings. The summed E-state index contributed by atoms with van der Waals surface area (Å²) in [6, 6.07) is 19.7. The van der Waals surface area contributed by atoms with Gasteiger partial charge in [-0.1, -0.05) is 46.3 Å². The molecule has 0 radical (unpaired) electrons. The molecule has 0 aliphatic carbocycles. The van der Waals surface area contributed by atoms with E-state index in [9.17, 15) is 9.59 Å². The Kier molecular flexibility index (Phi) is 4.33. The van der Waals surface area contributed by atoms with Crippen molar-refractivity contribution in [2.45, 2.75) is 12.6 Å². The molecule has 0 spiro atoms. The summed E-state index contributed by atoms with van der Waals surface area (Å²) in [6.45, 7) is 0.468. The van der Waals surface area contributed by atoms with Gasteiger partial charge in [0, 0.05) is 11.0 Å². The van der Waals surface area contributed by atoms with E-state index in [1.807, 2.05) is 42.5 Å². The van der Waals surface area contributed by atoms with Crippen LogP contribution in [0, 0.1) is 0 Å². The summed E-state index contributed by atoms with van der Waals surface area (Å²) in [5.41, 5.74) is 2.30. The number of carbonyl (C=O) groups is 1. The first-order chi connectivity index (χ1) is 15.6. The standard InChI is InChI=1S/C25H16BrNO5/c26-16-8-6-15(7-9-16)22-21-23(28)17-3-1-2-4-18(17)32-24(21)25(29)27(22)12-14-5-10-19-20(11-14)31-13-30-19/h1-11,22H,12-13H2. The highest BCUT2D eigenvalue weighted by Crippen LogP contribution is 2.40. The molecule has 1 aromatic heterocycles. The second-order valence-electron chi connectivity index (χ2n) is 7.74. The zero-order valence-corrected chi connectivity index (χ0v) is 18.3. The first-order valence-corrected chi connectivity index (χ1v) is 10.9. The van der Waals surface area contributed by atoms with E-state index >= 15 is 0 Å². The van der Waals surface area contributed by atoms with Gasteiger partial charge >= 0.3 is 0 Å². The largest absolute Gasteiger partial charge is 0.454 e. The summed E-state index contributed by atoms with van der Waals surface area (Å²) >= 11 is 3.46. The van der Waals surface area contributed by atoms with Crippen LogP contribution in [-0.2, 0) is 6.54 Å². The molecule has 4 aromatic rings. The fourth-order valence-electron chi connectivity index (χ4n) is 4.36. The summed E-state index contributed by atoms with van der Waals surface area (Å²) in [7, 11) is 0. The molecule has 3 aromatic carbocycles. The first-order valence-electron chi connectivity index (χ1n) is 10.1. The Morgan fingerprint density at radius 1 is 0.938 bits per heavy atom. The van der Waals surface area contributed by atoms with Crippen LogP contribution in [0.15, 0.2) is 80.4 Å². The van der Waals surface area contributed by atoms with E-state index in [4.69, 9.17) is 13.9 Å². The highest BCUT2D eigenvalue weighted by atomic mass is 79.9. The van der Waals surface area contributed by atoms with Crippen molar-refractivity contribution in [1.29, 1.82) is 0 Å². The Labute approximate surface area is 191 Å². The monoisotopic (exact) mass is 489 g/mol. The molecular formula is C25H16BrNO5. The van der Waals surface area contributed by atoms with Crippen LogP contribution in [0.4, 0.5) is 0 Å². The van der Waals surface area contributed by atoms with Crippen LogP contribution >= 0.6 is 15.9 Å². The summed E-state index contributed by atoms with van der Waals surface area (Å²) in [5.74, 6) is 1.11. The predicted octanol–water partition coefficient (Wildman–Crippen LogP) is 5.03. The minimum atomic E-state index is -0.558. The van der Waals surface area contributed by atoms with Crippen LogP contribution in [0.1, 0.15) is 33.3 Å². The number of carbonyl (C=O) groups excluding carboxylic acids is 1. The van der Waals surface area contributed by atoms with Gasteiger partial charge in [0.25, 0.3) is 5.91 Å². The van der Waals surface area contributed by atoms with E-state index in [1.165, 1.54) is 0 Å². The lowest BCUT2D eigenvalue weighted by Crippen LogP contribution is -2.29. The number of benzene rings is 3. The maximum atomic E-state index is 13.5. The van der Waals surface area contributed by atoms with Crippen molar-refractivity contribution in [3.63, 3.8) is 0 Å². The molecule has 0 N–H and O–H groups in total. The molecule has 3 heterocycles. The number of rotatable bonds is 3. The molecule has 158 valence electrons. The molecular weight excluding hydrogens is 474 g/mol. The molecule has 1 atom stereocenters. The molecule has 6 nitrogen and oxygen atoms in total. The van der Waals surface area contributed by atoms with E-state index in [-0.39, 0.29) is 30.4 Å². The van der Waals surface area contributed by atoms with Crippen LogP contribution in [-0.4, -0.2) is 17.6 Å². The lowest BCUT2D eigenvalue weighted by molar-refractivity contribution is 0.0714. The van der Waals surface area contributed by atoms with Gasteiger partial charge in [-0.2, -0.15) is 0 Å². The maximum absolute atomic E-state index is 13.5. The van der Waals surface area contributed by atoms with Crippen molar-refractivity contribution < 1.29 is 18.7 Å². The number of nitrogens with zero attached hydrogens (tertiary/aromatic N) is 1. The number of ether oxygens (including phenoxy) is 2.